The summed E-state index contributed by atoms with van der Waals surface area (Å²) in [5, 5.41) is 12.8. The predicted molar refractivity (Wildman–Crippen MR) is 103 cm³/mol. The molecular formula is C19H17N5S. The number of H-pyrrole nitrogens is 2. The van der Waals surface area contributed by atoms with Gasteiger partial charge in [0.2, 0.25) is 4.77 Å². The molecule has 0 atom stereocenters. The number of aromatic amines is 2. The van der Waals surface area contributed by atoms with Gasteiger partial charge in [0.15, 0.2) is 5.82 Å². The first-order valence-electron chi connectivity index (χ1n) is 8.12. The van der Waals surface area contributed by atoms with Gasteiger partial charge in [-0.15, -0.1) is 0 Å². The molecule has 25 heavy (non-hydrogen) atoms. The van der Waals surface area contributed by atoms with E-state index in [1.165, 1.54) is 5.56 Å². The van der Waals surface area contributed by atoms with E-state index in [4.69, 9.17) is 12.2 Å². The van der Waals surface area contributed by atoms with Gasteiger partial charge in [-0.3, -0.25) is 5.10 Å². The van der Waals surface area contributed by atoms with Crippen LogP contribution in [-0.4, -0.2) is 26.1 Å². The topological polar surface area (TPSA) is 61.8 Å². The predicted octanol–water partition coefficient (Wildman–Crippen LogP) is 4.09. The van der Waals surface area contributed by atoms with Gasteiger partial charge < -0.3 is 4.98 Å². The van der Waals surface area contributed by atoms with Crippen LogP contribution in [0.3, 0.4) is 0 Å². The lowest BCUT2D eigenvalue weighted by Crippen LogP contribution is -2.01. The molecule has 0 aliphatic carbocycles. The third-order valence-corrected chi connectivity index (χ3v) is 4.40. The highest BCUT2D eigenvalue weighted by Crippen LogP contribution is 2.16. The monoisotopic (exact) mass is 347 g/mol. The van der Waals surface area contributed by atoms with Crippen LogP contribution in [0.15, 0.2) is 65.9 Å². The Morgan fingerprint density at radius 1 is 1.04 bits per heavy atom. The van der Waals surface area contributed by atoms with Gasteiger partial charge in [0.1, 0.15) is 0 Å². The van der Waals surface area contributed by atoms with Crippen molar-refractivity contribution < 1.29 is 0 Å². The lowest BCUT2D eigenvalue weighted by atomic mass is 10.1. The van der Waals surface area contributed by atoms with Gasteiger partial charge in [0.05, 0.1) is 6.21 Å². The van der Waals surface area contributed by atoms with Crippen molar-refractivity contribution in [1.82, 2.24) is 19.9 Å². The summed E-state index contributed by atoms with van der Waals surface area (Å²) < 4.78 is 2.19. The summed E-state index contributed by atoms with van der Waals surface area (Å²) in [7, 11) is 0. The third-order valence-electron chi connectivity index (χ3n) is 4.13. The molecule has 0 amide bonds. The van der Waals surface area contributed by atoms with E-state index in [1.54, 1.807) is 4.68 Å². The Bertz CT molecular complexity index is 1070. The Labute approximate surface area is 150 Å². The number of benzene rings is 2. The van der Waals surface area contributed by atoms with Crippen LogP contribution in [0.4, 0.5) is 0 Å². The molecule has 0 saturated heterocycles. The summed E-state index contributed by atoms with van der Waals surface area (Å²) in [6.07, 6.45) is 5.42. The molecular weight excluding hydrogens is 330 g/mol. The molecule has 0 unspecified atom stereocenters. The average Bonchev–Trinajstić information content (AvgIpc) is 3.22. The van der Waals surface area contributed by atoms with Crippen LogP contribution >= 0.6 is 12.2 Å². The molecule has 2 N–H and O–H groups in total. The van der Waals surface area contributed by atoms with Crippen molar-refractivity contribution >= 4 is 29.3 Å². The molecule has 0 aliphatic heterocycles. The van der Waals surface area contributed by atoms with E-state index in [0.29, 0.717) is 4.77 Å². The van der Waals surface area contributed by atoms with E-state index in [0.717, 1.165) is 35.1 Å². The molecule has 124 valence electrons. The number of nitrogens with one attached hydrogen (secondary N) is 2. The van der Waals surface area contributed by atoms with Crippen molar-refractivity contribution in [1.29, 1.82) is 0 Å². The first kappa shape index (κ1) is 15.5. The number of aryl methyl sites for hydroxylation is 2. The lowest BCUT2D eigenvalue weighted by molar-refractivity contribution is 0.750. The molecule has 5 nitrogen and oxygen atoms in total. The highest BCUT2D eigenvalue weighted by atomic mass is 32.1. The van der Waals surface area contributed by atoms with Crippen LogP contribution in [0.5, 0.6) is 0 Å². The summed E-state index contributed by atoms with van der Waals surface area (Å²) in [6, 6.07) is 18.5. The van der Waals surface area contributed by atoms with Gasteiger partial charge in [-0.1, -0.05) is 48.5 Å². The highest BCUT2D eigenvalue weighted by Gasteiger charge is 2.06. The summed E-state index contributed by atoms with van der Waals surface area (Å²) in [4.78, 5) is 3.24. The van der Waals surface area contributed by atoms with Gasteiger partial charge in [-0.25, -0.2) is 0 Å². The second kappa shape index (κ2) is 6.86. The number of hydrogen-bond acceptors (Lipinski definition) is 3. The number of para-hydroxylation sites is 1. The van der Waals surface area contributed by atoms with Gasteiger partial charge in [0, 0.05) is 29.1 Å². The van der Waals surface area contributed by atoms with Crippen molar-refractivity contribution in [3.63, 3.8) is 0 Å². The molecule has 0 aliphatic rings. The minimum atomic E-state index is 0.499. The first-order chi connectivity index (χ1) is 12.3. The van der Waals surface area contributed by atoms with Crippen molar-refractivity contribution in [2.24, 2.45) is 5.10 Å². The van der Waals surface area contributed by atoms with Crippen LogP contribution in [0.1, 0.15) is 17.0 Å². The van der Waals surface area contributed by atoms with Gasteiger partial charge in [0.25, 0.3) is 0 Å². The maximum Gasteiger partial charge on any atom is 0.216 e. The largest absolute Gasteiger partial charge is 0.361 e. The minimum Gasteiger partial charge on any atom is -0.361 e. The molecule has 2 aromatic heterocycles. The fraction of sp³-hybridized carbons (Fsp3) is 0.105. The van der Waals surface area contributed by atoms with Crippen LogP contribution in [-0.2, 0) is 12.8 Å². The van der Waals surface area contributed by atoms with E-state index in [9.17, 15) is 0 Å². The molecule has 6 heteroatoms. The van der Waals surface area contributed by atoms with Crippen LogP contribution < -0.4 is 0 Å². The summed E-state index contributed by atoms with van der Waals surface area (Å²) in [5.74, 6) is 0.824. The van der Waals surface area contributed by atoms with E-state index in [-0.39, 0.29) is 0 Å². The molecule has 0 saturated carbocycles. The summed E-state index contributed by atoms with van der Waals surface area (Å²) in [6.45, 7) is 0. The SMILES string of the molecule is S=c1[nH]nc(CCc2ccccc2)n1/N=C\c1c[nH]c2ccccc12. The lowest BCUT2D eigenvalue weighted by Gasteiger charge is -2.01. The Morgan fingerprint density at radius 2 is 1.84 bits per heavy atom. The standard InChI is InChI=1S/C19H17N5S/c25-19-23-22-18(11-10-14-6-2-1-3-7-14)24(19)21-13-15-12-20-17-9-5-4-8-16(15)17/h1-9,12-13,20H,10-11H2,(H,23,25)/b21-13-. The van der Waals surface area contributed by atoms with Gasteiger partial charge in [-0.2, -0.15) is 14.9 Å². The fourth-order valence-corrected chi connectivity index (χ4v) is 3.02. The molecule has 4 rings (SSSR count). The van der Waals surface area contributed by atoms with Crippen LogP contribution in [0, 0.1) is 4.77 Å². The van der Waals surface area contributed by atoms with Crippen LogP contribution in [0.25, 0.3) is 10.9 Å². The molecule has 0 radical (unpaired) electrons. The van der Waals surface area contributed by atoms with Crippen LogP contribution in [0.2, 0.25) is 0 Å². The highest BCUT2D eigenvalue weighted by molar-refractivity contribution is 7.71. The molecule has 0 bridgehead atoms. The normalized spacial score (nSPS) is 11.5. The molecule has 4 aromatic rings. The number of aromatic nitrogens is 4. The first-order valence-corrected chi connectivity index (χ1v) is 8.53. The Kier molecular flexibility index (Phi) is 4.26. The van der Waals surface area contributed by atoms with E-state index in [2.05, 4.69) is 38.5 Å². The minimum absolute atomic E-state index is 0.499. The zero-order valence-corrected chi connectivity index (χ0v) is 14.3. The number of rotatable bonds is 5. The third kappa shape index (κ3) is 3.29. The quantitative estimate of drug-likeness (QED) is 0.422. The number of fused-ring (bicyclic) bond motifs is 1. The van der Waals surface area contributed by atoms with Gasteiger partial charge in [-0.05, 0) is 30.3 Å². The van der Waals surface area contributed by atoms with E-state index in [1.807, 2.05) is 48.8 Å². The number of nitrogens with zero attached hydrogens (tertiary/aromatic N) is 3. The zero-order chi connectivity index (χ0) is 17.1. The second-order valence-electron chi connectivity index (χ2n) is 5.78. The maximum atomic E-state index is 5.32. The van der Waals surface area contributed by atoms with Crippen molar-refractivity contribution in [2.75, 3.05) is 0 Å². The smallest absolute Gasteiger partial charge is 0.216 e. The summed E-state index contributed by atoms with van der Waals surface area (Å²) in [5.41, 5.74) is 3.38. The molecule has 2 aromatic carbocycles. The second-order valence-corrected chi connectivity index (χ2v) is 6.16. The molecule has 0 fully saturated rings. The maximum absolute atomic E-state index is 5.32. The van der Waals surface area contributed by atoms with Crippen molar-refractivity contribution in [3.8, 4) is 0 Å². The zero-order valence-electron chi connectivity index (χ0n) is 13.5. The molecule has 2 heterocycles. The van der Waals surface area contributed by atoms with E-state index >= 15 is 0 Å². The van der Waals surface area contributed by atoms with E-state index < -0.39 is 0 Å². The Morgan fingerprint density at radius 3 is 2.72 bits per heavy atom. The number of hydrogen-bond donors (Lipinski definition) is 2. The summed E-state index contributed by atoms with van der Waals surface area (Å²) >= 11 is 5.32. The van der Waals surface area contributed by atoms with Crippen molar-refractivity contribution in [2.45, 2.75) is 12.8 Å². The van der Waals surface area contributed by atoms with Crippen molar-refractivity contribution in [3.05, 3.63) is 82.5 Å². The average molecular weight is 347 g/mol. The Balaban J connectivity index is 1.58. The fourth-order valence-electron chi connectivity index (χ4n) is 2.83. The molecule has 0 spiro atoms. The van der Waals surface area contributed by atoms with Gasteiger partial charge >= 0.3 is 0 Å². The Hall–Kier alpha value is -2.99.